The Bertz CT molecular complexity index is 1080. The number of carbonyl (C=O) groups excluding carboxylic acids is 4. The summed E-state index contributed by atoms with van der Waals surface area (Å²) in [5.74, 6) is -0.591. The van der Waals surface area contributed by atoms with Gasteiger partial charge in [0, 0.05) is 5.56 Å². The van der Waals surface area contributed by atoms with Crippen LogP contribution in [-0.4, -0.2) is 63.1 Å². The number of ketones is 1. The third-order valence-electron chi connectivity index (χ3n) is 5.30. The Kier molecular flexibility index (Phi) is 6.86. The smallest absolute Gasteiger partial charge is 0.326 e. The quantitative estimate of drug-likeness (QED) is 0.345. The Balaban J connectivity index is 1.62. The number of Topliss-reactive ketones (excluding diaryl/α,β-unsaturated/α-hetero) is 1. The molecule has 1 saturated heterocycles. The van der Waals surface area contributed by atoms with Crippen LogP contribution in [0.5, 0.6) is 17.2 Å². The Morgan fingerprint density at radius 2 is 1.61 bits per heavy atom. The van der Waals surface area contributed by atoms with Crippen LogP contribution in [0.4, 0.5) is 4.79 Å². The van der Waals surface area contributed by atoms with E-state index in [0.717, 1.165) is 4.90 Å². The molecule has 2 aromatic carbocycles. The molecule has 1 atom stereocenters. The molecule has 174 valence electrons. The number of hydrogen-bond donors (Lipinski definition) is 1. The number of carbonyl (C=O) groups is 4. The first-order chi connectivity index (χ1) is 15.7. The van der Waals surface area contributed by atoms with Crippen LogP contribution < -0.4 is 19.5 Å². The standard InChI is InChI=1S/C23H24N2O8/c1-23(15-6-8-16(30-2)9-7-15)21(28)25(22(29)24-23)12-20(27)33-13-17(26)14-5-10-18(31-3)19(11-14)32-4/h5-11H,12-13H2,1-4H3,(H,24,29). The number of esters is 1. The third-order valence-corrected chi connectivity index (χ3v) is 5.30. The maximum atomic E-state index is 12.9. The molecular formula is C23H24N2O8. The third kappa shape index (κ3) is 4.74. The highest BCUT2D eigenvalue weighted by atomic mass is 16.5. The monoisotopic (exact) mass is 456 g/mol. The van der Waals surface area contributed by atoms with Crippen LogP contribution in [0.15, 0.2) is 42.5 Å². The number of amides is 3. The predicted molar refractivity (Wildman–Crippen MR) is 115 cm³/mol. The highest BCUT2D eigenvalue weighted by Gasteiger charge is 2.49. The Labute approximate surface area is 190 Å². The molecule has 1 heterocycles. The van der Waals surface area contributed by atoms with Gasteiger partial charge in [-0.2, -0.15) is 0 Å². The molecule has 3 rings (SSSR count). The average Bonchev–Trinajstić information content (AvgIpc) is 3.05. The summed E-state index contributed by atoms with van der Waals surface area (Å²) >= 11 is 0. The minimum Gasteiger partial charge on any atom is -0.497 e. The zero-order chi connectivity index (χ0) is 24.2. The van der Waals surface area contributed by atoms with Crippen molar-refractivity contribution < 1.29 is 38.1 Å². The van der Waals surface area contributed by atoms with Crippen LogP contribution >= 0.6 is 0 Å². The molecule has 10 nitrogen and oxygen atoms in total. The second-order valence-corrected chi connectivity index (χ2v) is 7.33. The van der Waals surface area contributed by atoms with Crippen molar-refractivity contribution in [3.63, 3.8) is 0 Å². The van der Waals surface area contributed by atoms with E-state index < -0.39 is 42.4 Å². The first-order valence-corrected chi connectivity index (χ1v) is 9.93. The van der Waals surface area contributed by atoms with E-state index in [1.807, 2.05) is 0 Å². The molecule has 0 bridgehead atoms. The van der Waals surface area contributed by atoms with E-state index in [4.69, 9.17) is 18.9 Å². The lowest BCUT2D eigenvalue weighted by Gasteiger charge is -2.22. The van der Waals surface area contributed by atoms with Crippen molar-refractivity contribution in [2.45, 2.75) is 12.5 Å². The first kappa shape index (κ1) is 23.6. The molecular weight excluding hydrogens is 432 g/mol. The summed E-state index contributed by atoms with van der Waals surface area (Å²) < 4.78 is 20.4. The van der Waals surface area contributed by atoms with Crippen molar-refractivity contribution in [1.82, 2.24) is 10.2 Å². The van der Waals surface area contributed by atoms with Gasteiger partial charge in [0.25, 0.3) is 5.91 Å². The van der Waals surface area contributed by atoms with E-state index in [1.165, 1.54) is 33.5 Å². The molecule has 2 aromatic rings. The van der Waals surface area contributed by atoms with Crippen LogP contribution in [0.1, 0.15) is 22.8 Å². The van der Waals surface area contributed by atoms with Crippen molar-refractivity contribution in [1.29, 1.82) is 0 Å². The van der Waals surface area contributed by atoms with Gasteiger partial charge in [-0.15, -0.1) is 0 Å². The summed E-state index contributed by atoms with van der Waals surface area (Å²) in [7, 11) is 4.42. The van der Waals surface area contributed by atoms with Crippen LogP contribution in [-0.2, 0) is 19.9 Å². The maximum absolute atomic E-state index is 12.9. The van der Waals surface area contributed by atoms with Gasteiger partial charge in [-0.05, 0) is 42.8 Å². The van der Waals surface area contributed by atoms with E-state index in [1.54, 1.807) is 37.3 Å². The second kappa shape index (κ2) is 9.60. The number of nitrogens with one attached hydrogen (secondary N) is 1. The lowest BCUT2D eigenvalue weighted by Crippen LogP contribution is -2.41. The number of urea groups is 1. The maximum Gasteiger partial charge on any atom is 0.326 e. The topological polar surface area (TPSA) is 120 Å². The fourth-order valence-corrected chi connectivity index (χ4v) is 3.37. The fraction of sp³-hybridized carbons (Fsp3) is 0.304. The number of hydrogen-bond acceptors (Lipinski definition) is 8. The van der Waals surface area contributed by atoms with E-state index >= 15 is 0 Å². The number of imide groups is 1. The summed E-state index contributed by atoms with van der Waals surface area (Å²) in [5.41, 5.74) is -0.567. The van der Waals surface area contributed by atoms with Gasteiger partial charge in [-0.3, -0.25) is 19.3 Å². The zero-order valence-corrected chi connectivity index (χ0v) is 18.7. The summed E-state index contributed by atoms with van der Waals surface area (Å²) in [6, 6.07) is 10.4. The van der Waals surface area contributed by atoms with Crippen molar-refractivity contribution in [3.8, 4) is 17.2 Å². The molecule has 33 heavy (non-hydrogen) atoms. The van der Waals surface area contributed by atoms with Gasteiger partial charge < -0.3 is 24.3 Å². The van der Waals surface area contributed by atoms with E-state index in [-0.39, 0.29) is 5.56 Å². The summed E-state index contributed by atoms with van der Waals surface area (Å²) in [6.07, 6.45) is 0. The number of rotatable bonds is 9. The van der Waals surface area contributed by atoms with E-state index in [2.05, 4.69) is 5.32 Å². The van der Waals surface area contributed by atoms with Crippen LogP contribution in [0.2, 0.25) is 0 Å². The average molecular weight is 456 g/mol. The molecule has 0 spiro atoms. The highest BCUT2D eigenvalue weighted by Crippen LogP contribution is 2.30. The van der Waals surface area contributed by atoms with Gasteiger partial charge in [0.05, 0.1) is 21.3 Å². The molecule has 1 aliphatic heterocycles. The van der Waals surface area contributed by atoms with Crippen molar-refractivity contribution in [2.75, 3.05) is 34.5 Å². The van der Waals surface area contributed by atoms with Crippen molar-refractivity contribution in [2.24, 2.45) is 0 Å². The minimum absolute atomic E-state index is 0.252. The normalized spacial score (nSPS) is 17.4. The van der Waals surface area contributed by atoms with Gasteiger partial charge in [-0.1, -0.05) is 12.1 Å². The molecule has 1 unspecified atom stereocenters. The zero-order valence-electron chi connectivity index (χ0n) is 18.7. The molecule has 0 aliphatic carbocycles. The predicted octanol–water partition coefficient (Wildman–Crippen LogP) is 1.91. The molecule has 3 amide bonds. The van der Waals surface area contributed by atoms with E-state index in [0.29, 0.717) is 22.8 Å². The molecule has 10 heteroatoms. The first-order valence-electron chi connectivity index (χ1n) is 9.93. The molecule has 1 N–H and O–H groups in total. The number of ether oxygens (including phenoxy) is 4. The molecule has 0 saturated carbocycles. The number of methoxy groups -OCH3 is 3. The Morgan fingerprint density at radius 3 is 2.21 bits per heavy atom. The summed E-state index contributed by atoms with van der Waals surface area (Å²) in [6.45, 7) is 0.351. The van der Waals surface area contributed by atoms with Gasteiger partial charge in [0.1, 0.15) is 17.8 Å². The molecule has 1 fully saturated rings. The van der Waals surface area contributed by atoms with Gasteiger partial charge >= 0.3 is 12.0 Å². The van der Waals surface area contributed by atoms with Gasteiger partial charge in [-0.25, -0.2) is 4.79 Å². The van der Waals surface area contributed by atoms with Gasteiger partial charge in [0.2, 0.25) is 0 Å². The summed E-state index contributed by atoms with van der Waals surface area (Å²) in [5, 5.41) is 2.60. The highest BCUT2D eigenvalue weighted by molar-refractivity contribution is 6.09. The SMILES string of the molecule is COc1ccc(C2(C)NC(=O)N(CC(=O)OCC(=O)c3ccc(OC)c(OC)c3)C2=O)cc1. The largest absolute Gasteiger partial charge is 0.497 e. The van der Waals surface area contributed by atoms with Crippen molar-refractivity contribution in [3.05, 3.63) is 53.6 Å². The molecule has 0 radical (unpaired) electrons. The molecule has 1 aliphatic rings. The van der Waals surface area contributed by atoms with Crippen molar-refractivity contribution >= 4 is 23.7 Å². The number of benzene rings is 2. The lowest BCUT2D eigenvalue weighted by atomic mass is 9.92. The van der Waals surface area contributed by atoms with Crippen LogP contribution in [0.25, 0.3) is 0 Å². The van der Waals surface area contributed by atoms with Crippen LogP contribution in [0.3, 0.4) is 0 Å². The van der Waals surface area contributed by atoms with E-state index in [9.17, 15) is 19.2 Å². The molecule has 0 aromatic heterocycles. The Morgan fingerprint density at radius 1 is 0.939 bits per heavy atom. The Hall–Kier alpha value is -4.08. The minimum atomic E-state index is -1.35. The summed E-state index contributed by atoms with van der Waals surface area (Å²) in [4.78, 5) is 50.7. The van der Waals surface area contributed by atoms with Crippen LogP contribution in [0, 0.1) is 0 Å². The second-order valence-electron chi connectivity index (χ2n) is 7.33. The van der Waals surface area contributed by atoms with Gasteiger partial charge in [0.15, 0.2) is 23.9 Å². The fourth-order valence-electron chi connectivity index (χ4n) is 3.37. The lowest BCUT2D eigenvalue weighted by molar-refractivity contribution is -0.146. The number of nitrogens with zero attached hydrogens (tertiary/aromatic N) is 1.